The molecule has 0 saturated heterocycles. The molecule has 0 aliphatic carbocycles. The molecule has 0 aromatic rings. The number of esters is 1. The molecule has 17 heavy (non-hydrogen) atoms. The van der Waals surface area contributed by atoms with Gasteiger partial charge in [0.1, 0.15) is 0 Å². The van der Waals surface area contributed by atoms with Crippen LogP contribution >= 0.6 is 0 Å². The highest BCUT2D eigenvalue weighted by atomic mass is 16.5. The predicted molar refractivity (Wildman–Crippen MR) is 66.6 cm³/mol. The number of ether oxygens (including phenoxy) is 1. The summed E-state index contributed by atoms with van der Waals surface area (Å²) in [6, 6.07) is 0.208. The lowest BCUT2D eigenvalue weighted by molar-refractivity contribution is -0.143. The van der Waals surface area contributed by atoms with Crippen LogP contribution < -0.4 is 10.6 Å². The Morgan fingerprint density at radius 2 is 2.00 bits per heavy atom. The van der Waals surface area contributed by atoms with Crippen LogP contribution in [0.3, 0.4) is 0 Å². The van der Waals surface area contributed by atoms with Crippen LogP contribution in [0.25, 0.3) is 0 Å². The van der Waals surface area contributed by atoms with Gasteiger partial charge in [-0.3, -0.25) is 9.59 Å². The molecule has 1 atom stereocenters. The van der Waals surface area contributed by atoms with Crippen molar-refractivity contribution in [2.45, 2.75) is 46.1 Å². The number of amides is 1. The van der Waals surface area contributed by atoms with Crippen LogP contribution in [-0.2, 0) is 14.3 Å². The Labute approximate surface area is 103 Å². The number of hydrogen-bond donors (Lipinski definition) is 2. The third-order valence-corrected chi connectivity index (χ3v) is 2.23. The smallest absolute Gasteiger partial charge is 0.307 e. The maximum Gasteiger partial charge on any atom is 0.307 e. The molecule has 0 heterocycles. The lowest BCUT2D eigenvalue weighted by Gasteiger charge is -2.12. The van der Waals surface area contributed by atoms with Crippen LogP contribution in [0.15, 0.2) is 0 Å². The minimum absolute atomic E-state index is 0.0326. The average molecular weight is 244 g/mol. The molecule has 0 saturated carbocycles. The SMILES string of the molecule is CCCC(C)NC(=O)CNCCC(=O)OCC. The molecule has 0 rings (SSSR count). The Morgan fingerprint density at radius 3 is 2.59 bits per heavy atom. The van der Waals surface area contributed by atoms with Crippen molar-refractivity contribution >= 4 is 11.9 Å². The first kappa shape index (κ1) is 15.9. The van der Waals surface area contributed by atoms with Crippen molar-refractivity contribution in [3.05, 3.63) is 0 Å². The number of carbonyl (C=O) groups is 2. The summed E-state index contributed by atoms with van der Waals surface area (Å²) in [6.07, 6.45) is 2.33. The maximum absolute atomic E-state index is 11.4. The van der Waals surface area contributed by atoms with Crippen LogP contribution in [0.5, 0.6) is 0 Å². The van der Waals surface area contributed by atoms with Gasteiger partial charge in [-0.1, -0.05) is 13.3 Å². The summed E-state index contributed by atoms with van der Waals surface area (Å²) in [5, 5.41) is 5.79. The molecule has 0 aliphatic rings. The second-order valence-electron chi connectivity index (χ2n) is 3.99. The van der Waals surface area contributed by atoms with Crippen molar-refractivity contribution in [3.8, 4) is 0 Å². The van der Waals surface area contributed by atoms with E-state index in [0.29, 0.717) is 19.6 Å². The van der Waals surface area contributed by atoms with E-state index >= 15 is 0 Å². The van der Waals surface area contributed by atoms with Crippen LogP contribution in [0.1, 0.15) is 40.0 Å². The summed E-state index contributed by atoms with van der Waals surface area (Å²) in [5.41, 5.74) is 0. The van der Waals surface area contributed by atoms with Crippen LogP contribution in [0.4, 0.5) is 0 Å². The van der Waals surface area contributed by atoms with Crippen molar-refractivity contribution in [2.75, 3.05) is 19.7 Å². The van der Waals surface area contributed by atoms with Crippen LogP contribution in [0, 0.1) is 0 Å². The fourth-order valence-corrected chi connectivity index (χ4v) is 1.46. The van der Waals surface area contributed by atoms with E-state index in [4.69, 9.17) is 4.74 Å². The van der Waals surface area contributed by atoms with Gasteiger partial charge in [-0.2, -0.15) is 0 Å². The molecule has 1 unspecified atom stereocenters. The number of rotatable bonds is 9. The van der Waals surface area contributed by atoms with Crippen molar-refractivity contribution < 1.29 is 14.3 Å². The first-order chi connectivity index (χ1) is 8.10. The average Bonchev–Trinajstić information content (AvgIpc) is 2.25. The third kappa shape index (κ3) is 9.81. The molecule has 5 nitrogen and oxygen atoms in total. The zero-order valence-electron chi connectivity index (χ0n) is 11.0. The largest absolute Gasteiger partial charge is 0.466 e. The summed E-state index contributed by atoms with van der Waals surface area (Å²) in [7, 11) is 0. The second-order valence-corrected chi connectivity index (χ2v) is 3.99. The van der Waals surface area contributed by atoms with Crippen LogP contribution in [-0.4, -0.2) is 37.6 Å². The molecule has 1 amide bonds. The van der Waals surface area contributed by atoms with Gasteiger partial charge >= 0.3 is 5.97 Å². The van der Waals surface area contributed by atoms with E-state index in [9.17, 15) is 9.59 Å². The summed E-state index contributed by atoms with van der Waals surface area (Å²) >= 11 is 0. The molecule has 100 valence electrons. The standard InChI is InChI=1S/C12H24N2O3/c1-4-6-10(3)14-11(15)9-13-8-7-12(16)17-5-2/h10,13H,4-9H2,1-3H3,(H,14,15). The van der Waals surface area contributed by atoms with E-state index in [0.717, 1.165) is 12.8 Å². The molecule has 0 aromatic heterocycles. The summed E-state index contributed by atoms with van der Waals surface area (Å²) in [5.74, 6) is -0.269. The van der Waals surface area contributed by atoms with E-state index in [2.05, 4.69) is 17.6 Å². The van der Waals surface area contributed by atoms with Gasteiger partial charge in [0.05, 0.1) is 19.6 Å². The van der Waals surface area contributed by atoms with Gasteiger partial charge in [-0.25, -0.2) is 0 Å². The zero-order valence-corrected chi connectivity index (χ0v) is 11.0. The summed E-state index contributed by atoms with van der Waals surface area (Å²) in [6.45, 7) is 6.95. The van der Waals surface area contributed by atoms with Crippen molar-refractivity contribution in [1.82, 2.24) is 10.6 Å². The Kier molecular flexibility index (Phi) is 9.43. The van der Waals surface area contributed by atoms with Crippen LogP contribution in [0.2, 0.25) is 0 Å². The normalized spacial score (nSPS) is 11.9. The first-order valence-corrected chi connectivity index (χ1v) is 6.25. The molecular weight excluding hydrogens is 220 g/mol. The van der Waals surface area contributed by atoms with Gasteiger partial charge in [-0.05, 0) is 20.3 Å². The van der Waals surface area contributed by atoms with Gasteiger partial charge in [0, 0.05) is 12.6 Å². The fourth-order valence-electron chi connectivity index (χ4n) is 1.46. The highest BCUT2D eigenvalue weighted by Gasteiger charge is 2.06. The highest BCUT2D eigenvalue weighted by Crippen LogP contribution is 1.93. The molecule has 0 aliphatic heterocycles. The first-order valence-electron chi connectivity index (χ1n) is 6.25. The van der Waals surface area contributed by atoms with Gasteiger partial charge < -0.3 is 15.4 Å². The van der Waals surface area contributed by atoms with E-state index in [-0.39, 0.29) is 24.5 Å². The molecule has 0 spiro atoms. The monoisotopic (exact) mass is 244 g/mol. The van der Waals surface area contributed by atoms with E-state index in [1.165, 1.54) is 0 Å². The van der Waals surface area contributed by atoms with E-state index in [1.807, 2.05) is 6.92 Å². The zero-order chi connectivity index (χ0) is 13.1. The Hall–Kier alpha value is -1.10. The lowest BCUT2D eigenvalue weighted by Crippen LogP contribution is -2.39. The Morgan fingerprint density at radius 1 is 1.29 bits per heavy atom. The van der Waals surface area contributed by atoms with Gasteiger partial charge in [0.15, 0.2) is 0 Å². The minimum Gasteiger partial charge on any atom is -0.466 e. The third-order valence-electron chi connectivity index (χ3n) is 2.23. The Bertz CT molecular complexity index is 232. The minimum atomic E-state index is -0.236. The second kappa shape index (κ2) is 10.1. The van der Waals surface area contributed by atoms with E-state index in [1.54, 1.807) is 6.92 Å². The van der Waals surface area contributed by atoms with Crippen molar-refractivity contribution in [3.63, 3.8) is 0 Å². The number of hydrogen-bond acceptors (Lipinski definition) is 4. The van der Waals surface area contributed by atoms with Crippen molar-refractivity contribution in [1.29, 1.82) is 0 Å². The van der Waals surface area contributed by atoms with E-state index < -0.39 is 0 Å². The Balaban J connectivity index is 3.48. The van der Waals surface area contributed by atoms with Gasteiger partial charge in [-0.15, -0.1) is 0 Å². The molecule has 2 N–H and O–H groups in total. The predicted octanol–water partition coefficient (Wildman–Crippen LogP) is 0.834. The lowest BCUT2D eigenvalue weighted by atomic mass is 10.2. The summed E-state index contributed by atoms with van der Waals surface area (Å²) < 4.78 is 4.77. The van der Waals surface area contributed by atoms with Gasteiger partial charge in [0.25, 0.3) is 0 Å². The molecule has 0 radical (unpaired) electrons. The molecule has 0 aromatic carbocycles. The topological polar surface area (TPSA) is 67.4 Å². The number of carbonyl (C=O) groups excluding carboxylic acids is 2. The highest BCUT2D eigenvalue weighted by molar-refractivity contribution is 5.78. The van der Waals surface area contributed by atoms with Crippen molar-refractivity contribution in [2.24, 2.45) is 0 Å². The maximum atomic E-state index is 11.4. The molecule has 5 heteroatoms. The summed E-state index contributed by atoms with van der Waals surface area (Å²) in [4.78, 5) is 22.4. The molecule has 0 fully saturated rings. The molecule has 0 bridgehead atoms. The fraction of sp³-hybridized carbons (Fsp3) is 0.833. The quantitative estimate of drug-likeness (QED) is 0.466. The van der Waals surface area contributed by atoms with Gasteiger partial charge in [0.2, 0.25) is 5.91 Å². The number of nitrogens with one attached hydrogen (secondary N) is 2. The molecular formula is C12H24N2O3.